The molecule has 0 bridgehead atoms. The van der Waals surface area contributed by atoms with E-state index in [-0.39, 0.29) is 22.8 Å². The minimum atomic E-state index is -0.710. The predicted octanol–water partition coefficient (Wildman–Crippen LogP) is 2.72. The number of amides is 2. The summed E-state index contributed by atoms with van der Waals surface area (Å²) in [5.74, 6) is 0.367. The lowest BCUT2D eigenvalue weighted by Crippen LogP contribution is -2.73. The summed E-state index contributed by atoms with van der Waals surface area (Å²) < 4.78 is 0. The summed E-state index contributed by atoms with van der Waals surface area (Å²) in [6, 6.07) is -0.401. The van der Waals surface area contributed by atoms with Crippen LogP contribution in [0.2, 0.25) is 0 Å². The standard InChI is InChI=1S/C17H30N2O2/c1-11-13(20)18-17(7,12-8-9-12)14(21)19(11)16(5,6)10-15(2,3)4/h11-12H,8-10H2,1-7H3,(H,18,20). The fraction of sp³-hybridized carbons (Fsp3) is 0.882. The van der Waals surface area contributed by atoms with Crippen molar-refractivity contribution >= 4 is 11.8 Å². The van der Waals surface area contributed by atoms with Gasteiger partial charge in [0, 0.05) is 5.54 Å². The highest BCUT2D eigenvalue weighted by atomic mass is 16.2. The third-order valence-electron chi connectivity index (χ3n) is 4.82. The van der Waals surface area contributed by atoms with Crippen LogP contribution in [-0.4, -0.2) is 33.8 Å². The Hall–Kier alpha value is -1.06. The number of hydrogen-bond acceptors (Lipinski definition) is 2. The van der Waals surface area contributed by atoms with E-state index in [0.29, 0.717) is 5.92 Å². The zero-order valence-corrected chi connectivity index (χ0v) is 14.5. The largest absolute Gasteiger partial charge is 0.340 e. The first-order valence-corrected chi connectivity index (χ1v) is 8.04. The van der Waals surface area contributed by atoms with E-state index in [1.807, 2.05) is 18.7 Å². The van der Waals surface area contributed by atoms with E-state index >= 15 is 0 Å². The van der Waals surface area contributed by atoms with Crippen molar-refractivity contribution in [3.8, 4) is 0 Å². The van der Waals surface area contributed by atoms with Crippen LogP contribution in [0.25, 0.3) is 0 Å². The van der Waals surface area contributed by atoms with Crippen LogP contribution in [0.3, 0.4) is 0 Å². The molecule has 0 radical (unpaired) electrons. The maximum Gasteiger partial charge on any atom is 0.249 e. The molecule has 0 aromatic rings. The Bertz CT molecular complexity index is 460. The summed E-state index contributed by atoms with van der Waals surface area (Å²) in [5.41, 5.74) is -0.936. The van der Waals surface area contributed by atoms with Gasteiger partial charge in [-0.25, -0.2) is 0 Å². The van der Waals surface area contributed by atoms with E-state index < -0.39 is 11.6 Å². The van der Waals surface area contributed by atoms with Crippen molar-refractivity contribution < 1.29 is 9.59 Å². The summed E-state index contributed by atoms with van der Waals surface area (Å²) in [4.78, 5) is 27.4. The van der Waals surface area contributed by atoms with Crippen molar-refractivity contribution in [3.05, 3.63) is 0 Å². The zero-order chi connectivity index (χ0) is 16.2. The number of nitrogens with zero attached hydrogens (tertiary/aromatic N) is 1. The highest BCUT2D eigenvalue weighted by molar-refractivity contribution is 6.00. The quantitative estimate of drug-likeness (QED) is 0.870. The first kappa shape index (κ1) is 16.3. The lowest BCUT2D eigenvalue weighted by atomic mass is 9.78. The van der Waals surface area contributed by atoms with E-state index in [1.165, 1.54) is 0 Å². The summed E-state index contributed by atoms with van der Waals surface area (Å²) >= 11 is 0. The molecular weight excluding hydrogens is 264 g/mol. The molecule has 0 aromatic carbocycles. The van der Waals surface area contributed by atoms with Crippen molar-refractivity contribution in [2.24, 2.45) is 11.3 Å². The first-order chi connectivity index (χ1) is 9.38. The number of hydrogen-bond donors (Lipinski definition) is 1. The number of piperazine rings is 1. The Kier molecular flexibility index (Phi) is 3.67. The van der Waals surface area contributed by atoms with Crippen molar-refractivity contribution in [3.63, 3.8) is 0 Å². The summed E-state index contributed by atoms with van der Waals surface area (Å²) in [5, 5.41) is 2.99. The molecule has 0 aromatic heterocycles. The highest BCUT2D eigenvalue weighted by Gasteiger charge is 2.57. The molecule has 2 unspecified atom stereocenters. The van der Waals surface area contributed by atoms with Gasteiger partial charge in [-0.15, -0.1) is 0 Å². The van der Waals surface area contributed by atoms with Crippen LogP contribution in [0.4, 0.5) is 0 Å². The average Bonchev–Trinajstić information content (AvgIpc) is 3.06. The van der Waals surface area contributed by atoms with Gasteiger partial charge in [-0.2, -0.15) is 0 Å². The number of rotatable bonds is 3. The second kappa shape index (κ2) is 4.72. The smallest absolute Gasteiger partial charge is 0.249 e. The Morgan fingerprint density at radius 1 is 1.19 bits per heavy atom. The van der Waals surface area contributed by atoms with E-state index in [9.17, 15) is 9.59 Å². The lowest BCUT2D eigenvalue weighted by Gasteiger charge is -2.52. The lowest BCUT2D eigenvalue weighted by molar-refractivity contribution is -0.162. The fourth-order valence-electron chi connectivity index (χ4n) is 4.08. The maximum atomic E-state index is 13.1. The zero-order valence-electron chi connectivity index (χ0n) is 14.5. The van der Waals surface area contributed by atoms with Gasteiger partial charge >= 0.3 is 0 Å². The minimum Gasteiger partial charge on any atom is -0.340 e. The van der Waals surface area contributed by atoms with Gasteiger partial charge in [0.1, 0.15) is 11.6 Å². The third-order valence-corrected chi connectivity index (χ3v) is 4.82. The second-order valence-corrected chi connectivity index (χ2v) is 8.87. The summed E-state index contributed by atoms with van der Waals surface area (Å²) in [6.07, 6.45) is 2.93. The predicted molar refractivity (Wildman–Crippen MR) is 83.7 cm³/mol. The molecule has 1 aliphatic heterocycles. The number of nitrogens with one attached hydrogen (secondary N) is 1. The molecule has 2 amide bonds. The first-order valence-electron chi connectivity index (χ1n) is 8.04. The van der Waals surface area contributed by atoms with Crippen LogP contribution < -0.4 is 5.32 Å². The van der Waals surface area contributed by atoms with Crippen LogP contribution >= 0.6 is 0 Å². The molecule has 21 heavy (non-hydrogen) atoms. The van der Waals surface area contributed by atoms with Crippen LogP contribution in [0, 0.1) is 11.3 Å². The van der Waals surface area contributed by atoms with Gasteiger partial charge in [0.25, 0.3) is 0 Å². The summed E-state index contributed by atoms with van der Waals surface area (Å²) in [6.45, 7) is 14.4. The molecule has 0 spiro atoms. The van der Waals surface area contributed by atoms with E-state index in [2.05, 4.69) is 39.9 Å². The van der Waals surface area contributed by atoms with Gasteiger partial charge in [-0.1, -0.05) is 20.8 Å². The monoisotopic (exact) mass is 294 g/mol. The topological polar surface area (TPSA) is 49.4 Å². The normalized spacial score (nSPS) is 31.4. The van der Waals surface area contributed by atoms with Crippen molar-refractivity contribution in [2.75, 3.05) is 0 Å². The Balaban J connectivity index is 2.34. The Morgan fingerprint density at radius 3 is 2.14 bits per heavy atom. The van der Waals surface area contributed by atoms with Gasteiger partial charge in [0.2, 0.25) is 11.8 Å². The molecule has 4 nitrogen and oxygen atoms in total. The summed E-state index contributed by atoms with van der Waals surface area (Å²) in [7, 11) is 0. The number of carbonyl (C=O) groups excluding carboxylic acids is 2. The Morgan fingerprint density at radius 2 is 1.71 bits per heavy atom. The van der Waals surface area contributed by atoms with Crippen molar-refractivity contribution in [1.29, 1.82) is 0 Å². The van der Waals surface area contributed by atoms with Gasteiger partial charge in [0.05, 0.1) is 0 Å². The number of carbonyl (C=O) groups is 2. The average molecular weight is 294 g/mol. The molecule has 1 aliphatic carbocycles. The molecule has 2 aliphatic rings. The van der Waals surface area contributed by atoms with Gasteiger partial charge in [-0.3, -0.25) is 9.59 Å². The molecular formula is C17H30N2O2. The molecule has 2 rings (SSSR count). The van der Waals surface area contributed by atoms with Gasteiger partial charge in [-0.05, 0) is 58.3 Å². The van der Waals surface area contributed by atoms with E-state index in [0.717, 1.165) is 19.3 Å². The van der Waals surface area contributed by atoms with Crippen LogP contribution in [0.5, 0.6) is 0 Å². The van der Waals surface area contributed by atoms with Crippen LogP contribution in [-0.2, 0) is 9.59 Å². The van der Waals surface area contributed by atoms with E-state index in [4.69, 9.17) is 0 Å². The maximum absolute atomic E-state index is 13.1. The minimum absolute atomic E-state index is 0.0222. The van der Waals surface area contributed by atoms with Crippen LogP contribution in [0.1, 0.15) is 67.7 Å². The molecule has 120 valence electrons. The molecule has 1 N–H and O–H groups in total. The molecule has 2 fully saturated rings. The third kappa shape index (κ3) is 2.95. The molecule has 1 saturated heterocycles. The van der Waals surface area contributed by atoms with Crippen molar-refractivity contribution in [1.82, 2.24) is 10.2 Å². The molecule has 4 heteroatoms. The highest BCUT2D eigenvalue weighted by Crippen LogP contribution is 2.44. The van der Waals surface area contributed by atoms with Gasteiger partial charge in [0.15, 0.2) is 0 Å². The SMILES string of the molecule is CC1C(=O)NC(C)(C2CC2)C(=O)N1C(C)(C)CC(C)(C)C. The molecule has 1 heterocycles. The molecule has 1 saturated carbocycles. The van der Waals surface area contributed by atoms with Crippen LogP contribution in [0.15, 0.2) is 0 Å². The molecule has 2 atom stereocenters. The second-order valence-electron chi connectivity index (χ2n) is 8.87. The fourth-order valence-corrected chi connectivity index (χ4v) is 4.08. The van der Waals surface area contributed by atoms with E-state index in [1.54, 1.807) is 0 Å². The van der Waals surface area contributed by atoms with Crippen molar-refractivity contribution in [2.45, 2.75) is 84.8 Å². The Labute approximate surface area is 128 Å². The van der Waals surface area contributed by atoms with Gasteiger partial charge < -0.3 is 10.2 Å².